The number of carbonyl (C=O) groups is 2. The van der Waals surface area contributed by atoms with Crippen LogP contribution in [0, 0.1) is 5.92 Å². The zero-order valence-electron chi connectivity index (χ0n) is 10.0. The molecule has 2 rings (SSSR count). The van der Waals surface area contributed by atoms with E-state index < -0.39 is 5.97 Å². The van der Waals surface area contributed by atoms with Gasteiger partial charge in [-0.15, -0.1) is 0 Å². The molecule has 17 heavy (non-hydrogen) atoms. The second-order valence-corrected chi connectivity index (χ2v) is 4.95. The summed E-state index contributed by atoms with van der Waals surface area (Å²) in [5, 5.41) is 11.9. The lowest BCUT2D eigenvalue weighted by atomic mass is 9.98. The standard InChI is InChI=1S/C12H20N2O3/c15-11(16)5-7-14(10-3-4-10)12(17)9-2-1-6-13-8-9/h9-10,13H,1-8H2,(H,15,16)/t9-/m0/s1. The first kappa shape index (κ1) is 12.4. The molecular weight excluding hydrogens is 220 g/mol. The molecule has 96 valence electrons. The second-order valence-electron chi connectivity index (χ2n) is 4.95. The van der Waals surface area contributed by atoms with Crippen molar-refractivity contribution in [1.82, 2.24) is 10.2 Å². The Hall–Kier alpha value is -1.10. The highest BCUT2D eigenvalue weighted by Crippen LogP contribution is 2.29. The third kappa shape index (κ3) is 3.43. The van der Waals surface area contributed by atoms with Crippen LogP contribution >= 0.6 is 0 Å². The number of nitrogens with zero attached hydrogens (tertiary/aromatic N) is 1. The van der Waals surface area contributed by atoms with Gasteiger partial charge >= 0.3 is 5.97 Å². The zero-order chi connectivity index (χ0) is 12.3. The molecule has 0 spiro atoms. The van der Waals surface area contributed by atoms with Gasteiger partial charge in [0.1, 0.15) is 0 Å². The van der Waals surface area contributed by atoms with Gasteiger partial charge in [-0.25, -0.2) is 0 Å². The third-order valence-electron chi connectivity index (χ3n) is 3.48. The monoisotopic (exact) mass is 240 g/mol. The maximum absolute atomic E-state index is 12.3. The van der Waals surface area contributed by atoms with Gasteiger partial charge in [-0.1, -0.05) is 0 Å². The number of amides is 1. The van der Waals surface area contributed by atoms with Crippen LogP contribution in [0.1, 0.15) is 32.1 Å². The molecule has 5 heteroatoms. The summed E-state index contributed by atoms with van der Waals surface area (Å²) < 4.78 is 0. The van der Waals surface area contributed by atoms with Crippen molar-refractivity contribution in [3.63, 3.8) is 0 Å². The Balaban J connectivity index is 1.89. The molecular formula is C12H20N2O3. The van der Waals surface area contributed by atoms with E-state index in [1.54, 1.807) is 4.90 Å². The first-order valence-electron chi connectivity index (χ1n) is 6.41. The van der Waals surface area contributed by atoms with Crippen molar-refractivity contribution in [1.29, 1.82) is 0 Å². The second kappa shape index (κ2) is 5.49. The third-order valence-corrected chi connectivity index (χ3v) is 3.48. The maximum Gasteiger partial charge on any atom is 0.305 e. The van der Waals surface area contributed by atoms with Gasteiger partial charge in [0.2, 0.25) is 5.91 Å². The molecule has 1 aliphatic carbocycles. The van der Waals surface area contributed by atoms with Gasteiger partial charge in [0, 0.05) is 19.1 Å². The fourth-order valence-corrected chi connectivity index (χ4v) is 2.37. The van der Waals surface area contributed by atoms with Crippen LogP contribution in [0.25, 0.3) is 0 Å². The van der Waals surface area contributed by atoms with Crippen LogP contribution in [-0.2, 0) is 9.59 Å². The molecule has 1 heterocycles. The van der Waals surface area contributed by atoms with Gasteiger partial charge in [-0.2, -0.15) is 0 Å². The topological polar surface area (TPSA) is 69.6 Å². The molecule has 1 saturated carbocycles. The lowest BCUT2D eigenvalue weighted by Crippen LogP contribution is -2.44. The zero-order valence-corrected chi connectivity index (χ0v) is 10.0. The summed E-state index contributed by atoms with van der Waals surface area (Å²) in [6.45, 7) is 2.10. The summed E-state index contributed by atoms with van der Waals surface area (Å²) in [5.41, 5.74) is 0. The number of rotatable bonds is 5. The van der Waals surface area contributed by atoms with Crippen LogP contribution in [-0.4, -0.2) is 47.6 Å². The van der Waals surface area contributed by atoms with Gasteiger partial charge in [-0.05, 0) is 32.2 Å². The highest BCUT2D eigenvalue weighted by Gasteiger charge is 2.36. The Bertz CT molecular complexity index is 296. The summed E-state index contributed by atoms with van der Waals surface area (Å²) in [6.07, 6.45) is 4.09. The Morgan fingerprint density at radius 1 is 1.29 bits per heavy atom. The molecule has 5 nitrogen and oxygen atoms in total. The van der Waals surface area contributed by atoms with Crippen LogP contribution in [0.15, 0.2) is 0 Å². The molecule has 1 aliphatic heterocycles. The van der Waals surface area contributed by atoms with E-state index in [2.05, 4.69) is 5.32 Å². The van der Waals surface area contributed by atoms with E-state index in [1.165, 1.54) is 0 Å². The van der Waals surface area contributed by atoms with E-state index in [9.17, 15) is 9.59 Å². The number of nitrogens with one attached hydrogen (secondary N) is 1. The minimum Gasteiger partial charge on any atom is -0.481 e. The van der Waals surface area contributed by atoms with Gasteiger partial charge in [0.25, 0.3) is 0 Å². The van der Waals surface area contributed by atoms with Crippen LogP contribution < -0.4 is 5.32 Å². The minimum atomic E-state index is -0.829. The first-order chi connectivity index (χ1) is 8.18. The normalized spacial score (nSPS) is 24.4. The molecule has 0 bridgehead atoms. The van der Waals surface area contributed by atoms with E-state index in [0.717, 1.165) is 38.8 Å². The molecule has 2 N–H and O–H groups in total. The average Bonchev–Trinajstić information content (AvgIpc) is 3.14. The van der Waals surface area contributed by atoms with Crippen molar-refractivity contribution in [2.24, 2.45) is 5.92 Å². The van der Waals surface area contributed by atoms with Gasteiger partial charge in [0.05, 0.1) is 12.3 Å². The number of carboxylic acid groups (broad SMARTS) is 1. The van der Waals surface area contributed by atoms with Crippen molar-refractivity contribution in [2.75, 3.05) is 19.6 Å². The summed E-state index contributed by atoms with van der Waals surface area (Å²) in [4.78, 5) is 24.7. The average molecular weight is 240 g/mol. The Labute approximate surface area is 101 Å². The van der Waals surface area contributed by atoms with Gasteiger partial charge in [0.15, 0.2) is 0 Å². The SMILES string of the molecule is O=C(O)CCN(C(=O)[C@H]1CCCNC1)C1CC1. The lowest BCUT2D eigenvalue weighted by molar-refractivity contribution is -0.140. The minimum absolute atomic E-state index is 0.0538. The highest BCUT2D eigenvalue weighted by molar-refractivity contribution is 5.80. The summed E-state index contributed by atoms with van der Waals surface area (Å²) in [7, 11) is 0. The van der Waals surface area contributed by atoms with E-state index in [4.69, 9.17) is 5.11 Å². The maximum atomic E-state index is 12.3. The lowest BCUT2D eigenvalue weighted by Gasteiger charge is -2.29. The molecule has 2 aliphatic rings. The van der Waals surface area contributed by atoms with Crippen LogP contribution in [0.5, 0.6) is 0 Å². The Morgan fingerprint density at radius 3 is 2.59 bits per heavy atom. The Morgan fingerprint density at radius 2 is 2.06 bits per heavy atom. The van der Waals surface area contributed by atoms with E-state index in [1.807, 2.05) is 0 Å². The number of aliphatic carboxylic acids is 1. The molecule has 0 aromatic rings. The fraction of sp³-hybridized carbons (Fsp3) is 0.833. The first-order valence-corrected chi connectivity index (χ1v) is 6.41. The quantitative estimate of drug-likeness (QED) is 0.732. The predicted octanol–water partition coefficient (Wildman–Crippen LogP) is 0.452. The van der Waals surface area contributed by atoms with E-state index in [0.29, 0.717) is 12.6 Å². The molecule has 2 fully saturated rings. The molecule has 0 radical (unpaired) electrons. The molecule has 0 aromatic carbocycles. The number of carboxylic acids is 1. The largest absolute Gasteiger partial charge is 0.481 e. The summed E-state index contributed by atoms with van der Waals surface area (Å²) in [6, 6.07) is 0.309. The van der Waals surface area contributed by atoms with E-state index in [-0.39, 0.29) is 18.2 Å². The summed E-state index contributed by atoms with van der Waals surface area (Å²) in [5.74, 6) is -0.621. The van der Waals surface area contributed by atoms with Crippen LogP contribution in [0.2, 0.25) is 0 Å². The van der Waals surface area contributed by atoms with Crippen molar-refractivity contribution in [3.05, 3.63) is 0 Å². The Kier molecular flexibility index (Phi) is 3.99. The molecule has 0 aromatic heterocycles. The molecule has 1 saturated heterocycles. The van der Waals surface area contributed by atoms with Gasteiger partial charge in [-0.3, -0.25) is 9.59 Å². The molecule has 1 atom stereocenters. The summed E-state index contributed by atoms with van der Waals surface area (Å²) >= 11 is 0. The number of piperidine rings is 1. The number of carbonyl (C=O) groups excluding carboxylic acids is 1. The van der Waals surface area contributed by atoms with Crippen molar-refractivity contribution in [2.45, 2.75) is 38.1 Å². The van der Waals surface area contributed by atoms with Crippen LogP contribution in [0.3, 0.4) is 0 Å². The molecule has 1 amide bonds. The molecule has 0 unspecified atom stereocenters. The van der Waals surface area contributed by atoms with Crippen molar-refractivity contribution in [3.8, 4) is 0 Å². The smallest absolute Gasteiger partial charge is 0.305 e. The van der Waals surface area contributed by atoms with Crippen molar-refractivity contribution < 1.29 is 14.7 Å². The number of hydrogen-bond donors (Lipinski definition) is 2. The highest BCUT2D eigenvalue weighted by atomic mass is 16.4. The predicted molar refractivity (Wildman–Crippen MR) is 62.6 cm³/mol. The van der Waals surface area contributed by atoms with E-state index >= 15 is 0 Å². The van der Waals surface area contributed by atoms with Crippen LogP contribution in [0.4, 0.5) is 0 Å². The van der Waals surface area contributed by atoms with Crippen molar-refractivity contribution >= 4 is 11.9 Å². The van der Waals surface area contributed by atoms with Gasteiger partial charge < -0.3 is 15.3 Å². The number of hydrogen-bond acceptors (Lipinski definition) is 3. The fourth-order valence-electron chi connectivity index (χ4n) is 2.37.